The number of aromatic hydroxyl groups is 1. The standard InChI is InChI=1S/C23H28N2O6/c1-15(31-19-7-5-18(26)6-8-19)23(28)25-12-10-17(11-13-25)24-22(27)16-4-9-20(29-2)21(14-16)30-3/h4-9,14-15,17,26H,10-13H2,1-3H3,(H,24,27). The highest BCUT2D eigenvalue weighted by Gasteiger charge is 2.28. The Hall–Kier alpha value is -3.42. The molecule has 2 aromatic rings. The normalized spacial score (nSPS) is 15.1. The molecule has 2 N–H and O–H groups in total. The first kappa shape index (κ1) is 22.3. The van der Waals surface area contributed by atoms with Crippen LogP contribution in [-0.4, -0.2) is 61.3 Å². The number of nitrogens with zero attached hydrogens (tertiary/aromatic N) is 1. The Morgan fingerprint density at radius 2 is 1.68 bits per heavy atom. The smallest absolute Gasteiger partial charge is 0.263 e. The van der Waals surface area contributed by atoms with E-state index in [0.717, 1.165) is 0 Å². The Morgan fingerprint density at radius 1 is 1.03 bits per heavy atom. The van der Waals surface area contributed by atoms with Gasteiger partial charge in [-0.25, -0.2) is 0 Å². The monoisotopic (exact) mass is 428 g/mol. The van der Waals surface area contributed by atoms with Crippen LogP contribution >= 0.6 is 0 Å². The lowest BCUT2D eigenvalue weighted by Crippen LogP contribution is -2.49. The van der Waals surface area contributed by atoms with Crippen molar-refractivity contribution in [3.63, 3.8) is 0 Å². The summed E-state index contributed by atoms with van der Waals surface area (Å²) in [7, 11) is 3.07. The van der Waals surface area contributed by atoms with E-state index in [0.29, 0.717) is 48.7 Å². The molecule has 1 heterocycles. The number of hydrogen-bond donors (Lipinski definition) is 2. The fourth-order valence-corrected chi connectivity index (χ4v) is 3.53. The van der Waals surface area contributed by atoms with Gasteiger partial charge in [-0.05, 0) is 62.2 Å². The number of rotatable bonds is 7. The molecule has 1 aliphatic heterocycles. The first-order valence-electron chi connectivity index (χ1n) is 10.2. The molecule has 3 rings (SSSR count). The number of likely N-dealkylation sites (tertiary alicyclic amines) is 1. The van der Waals surface area contributed by atoms with Gasteiger partial charge >= 0.3 is 0 Å². The molecule has 1 saturated heterocycles. The minimum atomic E-state index is -0.637. The van der Waals surface area contributed by atoms with Crippen molar-refractivity contribution in [2.24, 2.45) is 0 Å². The minimum Gasteiger partial charge on any atom is -0.508 e. The summed E-state index contributed by atoms with van der Waals surface area (Å²) in [6, 6.07) is 11.3. The van der Waals surface area contributed by atoms with E-state index in [-0.39, 0.29) is 23.6 Å². The zero-order chi connectivity index (χ0) is 22.4. The number of phenols is 1. The van der Waals surface area contributed by atoms with Gasteiger partial charge in [-0.3, -0.25) is 9.59 Å². The Bertz CT molecular complexity index is 907. The predicted molar refractivity (Wildman–Crippen MR) is 115 cm³/mol. The van der Waals surface area contributed by atoms with Gasteiger partial charge in [0.2, 0.25) is 0 Å². The molecule has 0 spiro atoms. The summed E-state index contributed by atoms with van der Waals surface area (Å²) in [5.74, 6) is 1.44. The Morgan fingerprint density at radius 3 is 2.29 bits per heavy atom. The number of hydrogen-bond acceptors (Lipinski definition) is 6. The molecule has 1 fully saturated rings. The SMILES string of the molecule is COc1ccc(C(=O)NC2CCN(C(=O)C(C)Oc3ccc(O)cc3)CC2)cc1OC. The van der Waals surface area contributed by atoms with Crippen LogP contribution in [0.1, 0.15) is 30.1 Å². The predicted octanol–water partition coefficient (Wildman–Crippen LogP) is 2.60. The maximum atomic E-state index is 12.7. The van der Waals surface area contributed by atoms with Crippen molar-refractivity contribution in [2.75, 3.05) is 27.3 Å². The van der Waals surface area contributed by atoms with E-state index in [2.05, 4.69) is 5.32 Å². The first-order valence-corrected chi connectivity index (χ1v) is 10.2. The van der Waals surface area contributed by atoms with Gasteiger partial charge in [0.05, 0.1) is 14.2 Å². The lowest BCUT2D eigenvalue weighted by Gasteiger charge is -2.33. The van der Waals surface area contributed by atoms with Gasteiger partial charge in [-0.2, -0.15) is 0 Å². The van der Waals surface area contributed by atoms with Crippen molar-refractivity contribution < 1.29 is 28.9 Å². The quantitative estimate of drug-likeness (QED) is 0.704. The Balaban J connectivity index is 1.50. The number of carbonyl (C=O) groups excluding carboxylic acids is 2. The summed E-state index contributed by atoms with van der Waals surface area (Å²) in [5, 5.41) is 12.4. The Kier molecular flexibility index (Phi) is 7.23. The lowest BCUT2D eigenvalue weighted by molar-refractivity contribution is -0.139. The van der Waals surface area contributed by atoms with E-state index in [4.69, 9.17) is 14.2 Å². The number of phenolic OH excluding ortho intramolecular Hbond substituents is 1. The highest BCUT2D eigenvalue weighted by Crippen LogP contribution is 2.27. The highest BCUT2D eigenvalue weighted by atomic mass is 16.5. The number of piperidine rings is 1. The molecule has 0 saturated carbocycles. The van der Waals surface area contributed by atoms with Crippen LogP contribution in [0.25, 0.3) is 0 Å². The lowest BCUT2D eigenvalue weighted by atomic mass is 10.0. The molecule has 1 atom stereocenters. The molecule has 8 nitrogen and oxygen atoms in total. The van der Waals surface area contributed by atoms with E-state index in [9.17, 15) is 14.7 Å². The van der Waals surface area contributed by atoms with E-state index in [1.165, 1.54) is 19.2 Å². The fourth-order valence-electron chi connectivity index (χ4n) is 3.53. The van der Waals surface area contributed by atoms with Gasteiger partial charge in [0.25, 0.3) is 11.8 Å². The van der Waals surface area contributed by atoms with Crippen LogP contribution in [0, 0.1) is 0 Å². The van der Waals surface area contributed by atoms with Crippen LogP contribution < -0.4 is 19.5 Å². The fraction of sp³-hybridized carbons (Fsp3) is 0.391. The summed E-state index contributed by atoms with van der Waals surface area (Å²) in [6.07, 6.45) is 0.690. The molecule has 166 valence electrons. The van der Waals surface area contributed by atoms with Gasteiger partial charge in [0.15, 0.2) is 17.6 Å². The van der Waals surface area contributed by atoms with Gasteiger partial charge in [-0.15, -0.1) is 0 Å². The second kappa shape index (κ2) is 10.1. The molecule has 1 unspecified atom stereocenters. The largest absolute Gasteiger partial charge is 0.508 e. The summed E-state index contributed by atoms with van der Waals surface area (Å²) >= 11 is 0. The summed E-state index contributed by atoms with van der Waals surface area (Å²) in [6.45, 7) is 2.79. The van der Waals surface area contributed by atoms with Crippen molar-refractivity contribution in [2.45, 2.75) is 31.9 Å². The molecule has 31 heavy (non-hydrogen) atoms. The third-order valence-corrected chi connectivity index (χ3v) is 5.28. The van der Waals surface area contributed by atoms with Crippen LogP contribution in [0.3, 0.4) is 0 Å². The molecule has 1 aliphatic rings. The van der Waals surface area contributed by atoms with Crippen LogP contribution in [0.4, 0.5) is 0 Å². The third kappa shape index (κ3) is 5.59. The van der Waals surface area contributed by atoms with Crippen molar-refractivity contribution in [3.8, 4) is 23.0 Å². The van der Waals surface area contributed by atoms with Crippen molar-refractivity contribution in [1.29, 1.82) is 0 Å². The first-order chi connectivity index (χ1) is 14.9. The second-order valence-electron chi connectivity index (χ2n) is 7.40. The van der Waals surface area contributed by atoms with E-state index >= 15 is 0 Å². The molecule has 0 bridgehead atoms. The third-order valence-electron chi connectivity index (χ3n) is 5.28. The Labute approximate surface area is 181 Å². The zero-order valence-electron chi connectivity index (χ0n) is 18.0. The number of carbonyl (C=O) groups is 2. The molecular weight excluding hydrogens is 400 g/mol. The average Bonchev–Trinajstić information content (AvgIpc) is 2.80. The molecule has 0 aliphatic carbocycles. The topological polar surface area (TPSA) is 97.3 Å². The number of methoxy groups -OCH3 is 2. The number of amides is 2. The van der Waals surface area contributed by atoms with Gasteiger partial charge in [-0.1, -0.05) is 0 Å². The van der Waals surface area contributed by atoms with Crippen LogP contribution in [-0.2, 0) is 4.79 Å². The van der Waals surface area contributed by atoms with Crippen LogP contribution in [0.15, 0.2) is 42.5 Å². The van der Waals surface area contributed by atoms with Crippen LogP contribution in [0.5, 0.6) is 23.0 Å². The van der Waals surface area contributed by atoms with Gasteiger partial charge in [0, 0.05) is 24.7 Å². The molecule has 0 radical (unpaired) electrons. The maximum Gasteiger partial charge on any atom is 0.263 e. The summed E-state index contributed by atoms with van der Waals surface area (Å²) in [5.41, 5.74) is 0.493. The zero-order valence-corrected chi connectivity index (χ0v) is 18.0. The minimum absolute atomic E-state index is 0.0158. The summed E-state index contributed by atoms with van der Waals surface area (Å²) < 4.78 is 16.1. The van der Waals surface area contributed by atoms with E-state index in [1.807, 2.05) is 0 Å². The van der Waals surface area contributed by atoms with Gasteiger partial charge in [0.1, 0.15) is 11.5 Å². The number of benzene rings is 2. The molecule has 8 heteroatoms. The average molecular weight is 428 g/mol. The molecule has 2 amide bonds. The van der Waals surface area contributed by atoms with E-state index in [1.54, 1.807) is 49.3 Å². The number of nitrogens with one attached hydrogen (secondary N) is 1. The second-order valence-corrected chi connectivity index (χ2v) is 7.40. The molecular formula is C23H28N2O6. The van der Waals surface area contributed by atoms with E-state index < -0.39 is 6.10 Å². The highest BCUT2D eigenvalue weighted by molar-refractivity contribution is 5.95. The van der Waals surface area contributed by atoms with Crippen molar-refractivity contribution >= 4 is 11.8 Å². The van der Waals surface area contributed by atoms with Crippen molar-refractivity contribution in [1.82, 2.24) is 10.2 Å². The maximum absolute atomic E-state index is 12.7. The summed E-state index contributed by atoms with van der Waals surface area (Å²) in [4.78, 5) is 27.0. The molecule has 2 aromatic carbocycles. The van der Waals surface area contributed by atoms with Gasteiger partial charge < -0.3 is 29.5 Å². The molecule has 0 aromatic heterocycles. The van der Waals surface area contributed by atoms with Crippen molar-refractivity contribution in [3.05, 3.63) is 48.0 Å². The van der Waals surface area contributed by atoms with Crippen LogP contribution in [0.2, 0.25) is 0 Å². The number of ether oxygens (including phenoxy) is 3.